The first-order valence-electron chi connectivity index (χ1n) is 8.44. The number of carbonyl (C=O) groups is 2. The van der Waals surface area contributed by atoms with Gasteiger partial charge < -0.3 is 20.1 Å². The standard InChI is InChI=1S/C17H21N7O2/c1-11(25)22-13-5-8-24(15(26)3-6-18)9-14(13)23(2)17-12-4-7-19-16(12)20-10-21-17/h4,7,10,13-14H,3,5,8-9H2,1-2H3,(H,22,25)(H,19,20,21)/t13-,14?/m1/s1. The van der Waals surface area contributed by atoms with Crippen LogP contribution in [-0.4, -0.2) is 63.9 Å². The predicted octanol–water partition coefficient (Wildman–Crippen LogP) is 0.413. The molecule has 1 aliphatic rings. The highest BCUT2D eigenvalue weighted by molar-refractivity contribution is 5.87. The van der Waals surface area contributed by atoms with Gasteiger partial charge in [0, 0.05) is 33.3 Å². The molecule has 2 aromatic rings. The van der Waals surface area contributed by atoms with E-state index in [1.807, 2.05) is 24.1 Å². The minimum Gasteiger partial charge on any atom is -0.352 e. The number of amides is 2. The first-order chi connectivity index (χ1) is 12.5. The summed E-state index contributed by atoms with van der Waals surface area (Å²) in [4.78, 5) is 39.1. The normalized spacial score (nSPS) is 19.8. The number of H-pyrrole nitrogens is 1. The van der Waals surface area contributed by atoms with Gasteiger partial charge in [-0.25, -0.2) is 9.97 Å². The molecule has 1 unspecified atom stereocenters. The van der Waals surface area contributed by atoms with Crippen LogP contribution in [0, 0.1) is 11.3 Å². The smallest absolute Gasteiger partial charge is 0.236 e. The molecule has 0 saturated carbocycles. The van der Waals surface area contributed by atoms with Crippen molar-refractivity contribution in [3.63, 3.8) is 0 Å². The van der Waals surface area contributed by atoms with Crippen molar-refractivity contribution in [2.75, 3.05) is 25.0 Å². The number of anilines is 1. The Morgan fingerprint density at radius 3 is 3.04 bits per heavy atom. The number of likely N-dealkylation sites (N-methyl/N-ethyl adjacent to an activating group) is 1. The fourth-order valence-corrected chi connectivity index (χ4v) is 3.46. The van der Waals surface area contributed by atoms with Crippen LogP contribution in [0.5, 0.6) is 0 Å². The van der Waals surface area contributed by atoms with E-state index in [2.05, 4.69) is 20.3 Å². The first kappa shape index (κ1) is 17.7. The van der Waals surface area contributed by atoms with E-state index in [-0.39, 0.29) is 30.3 Å². The van der Waals surface area contributed by atoms with Gasteiger partial charge in [0.25, 0.3) is 0 Å². The summed E-state index contributed by atoms with van der Waals surface area (Å²) in [5, 5.41) is 12.7. The van der Waals surface area contributed by atoms with Crippen LogP contribution in [0.25, 0.3) is 11.0 Å². The Morgan fingerprint density at radius 2 is 2.31 bits per heavy atom. The number of likely N-dealkylation sites (tertiary alicyclic amines) is 1. The molecule has 0 spiro atoms. The highest BCUT2D eigenvalue weighted by Gasteiger charge is 2.35. The Morgan fingerprint density at radius 1 is 1.50 bits per heavy atom. The van der Waals surface area contributed by atoms with Gasteiger partial charge in [-0.15, -0.1) is 0 Å². The molecule has 26 heavy (non-hydrogen) atoms. The summed E-state index contributed by atoms with van der Waals surface area (Å²) in [5.41, 5.74) is 0.728. The third-order valence-electron chi connectivity index (χ3n) is 4.72. The molecular weight excluding hydrogens is 334 g/mol. The van der Waals surface area contributed by atoms with Gasteiger partial charge in [0.1, 0.15) is 24.2 Å². The SMILES string of the molecule is CC(=O)N[C@@H]1CCN(C(=O)CC#N)CC1N(C)c1ncnc2[nH]ccc12. The van der Waals surface area contributed by atoms with Crippen LogP contribution < -0.4 is 10.2 Å². The molecule has 0 aromatic carbocycles. The van der Waals surface area contributed by atoms with E-state index in [0.717, 1.165) is 16.9 Å². The minimum atomic E-state index is -0.193. The van der Waals surface area contributed by atoms with Crippen molar-refractivity contribution >= 4 is 28.7 Å². The average Bonchev–Trinajstić information content (AvgIpc) is 3.10. The third-order valence-corrected chi connectivity index (χ3v) is 4.72. The maximum Gasteiger partial charge on any atom is 0.236 e. The summed E-state index contributed by atoms with van der Waals surface area (Å²) in [6.07, 6.45) is 3.76. The molecule has 2 aromatic heterocycles. The quantitative estimate of drug-likeness (QED) is 0.820. The number of aromatic nitrogens is 3. The molecule has 136 valence electrons. The van der Waals surface area contributed by atoms with E-state index in [1.165, 1.54) is 13.3 Å². The second kappa shape index (κ2) is 7.39. The maximum atomic E-state index is 12.2. The van der Waals surface area contributed by atoms with Gasteiger partial charge in [-0.3, -0.25) is 9.59 Å². The van der Waals surface area contributed by atoms with Gasteiger partial charge in [0.2, 0.25) is 11.8 Å². The van der Waals surface area contributed by atoms with Crippen LogP contribution in [0.1, 0.15) is 19.8 Å². The van der Waals surface area contributed by atoms with Gasteiger partial charge in [-0.2, -0.15) is 5.26 Å². The van der Waals surface area contributed by atoms with Crippen LogP contribution in [0.15, 0.2) is 18.6 Å². The zero-order valence-electron chi connectivity index (χ0n) is 14.8. The molecule has 0 aliphatic carbocycles. The molecule has 1 aliphatic heterocycles. The molecule has 1 fully saturated rings. The second-order valence-electron chi connectivity index (χ2n) is 6.39. The molecule has 2 amide bonds. The molecule has 0 bridgehead atoms. The summed E-state index contributed by atoms with van der Waals surface area (Å²) in [6, 6.07) is 3.52. The fraction of sp³-hybridized carbons (Fsp3) is 0.471. The van der Waals surface area contributed by atoms with Crippen molar-refractivity contribution in [3.05, 3.63) is 18.6 Å². The summed E-state index contributed by atoms with van der Waals surface area (Å²) in [7, 11) is 1.90. The number of nitrogens with one attached hydrogen (secondary N) is 2. The number of hydrogen-bond donors (Lipinski definition) is 2. The first-order valence-corrected chi connectivity index (χ1v) is 8.44. The van der Waals surface area contributed by atoms with E-state index in [9.17, 15) is 9.59 Å². The van der Waals surface area contributed by atoms with Gasteiger partial charge in [-0.05, 0) is 12.5 Å². The number of rotatable bonds is 4. The lowest BCUT2D eigenvalue weighted by Gasteiger charge is -2.43. The van der Waals surface area contributed by atoms with Crippen molar-refractivity contribution < 1.29 is 9.59 Å². The third kappa shape index (κ3) is 3.44. The number of carbonyl (C=O) groups excluding carboxylic acids is 2. The maximum absolute atomic E-state index is 12.2. The average molecular weight is 355 g/mol. The largest absolute Gasteiger partial charge is 0.352 e. The Bertz CT molecular complexity index is 856. The number of nitrogens with zero attached hydrogens (tertiary/aromatic N) is 5. The zero-order valence-corrected chi connectivity index (χ0v) is 14.8. The molecule has 1 saturated heterocycles. The highest BCUT2D eigenvalue weighted by Crippen LogP contribution is 2.26. The van der Waals surface area contributed by atoms with Gasteiger partial charge in [-0.1, -0.05) is 0 Å². The topological polar surface area (TPSA) is 118 Å². The van der Waals surface area contributed by atoms with E-state index >= 15 is 0 Å². The lowest BCUT2D eigenvalue weighted by Crippen LogP contribution is -2.60. The Labute approximate surface area is 151 Å². The predicted molar refractivity (Wildman–Crippen MR) is 95.1 cm³/mol. The fourth-order valence-electron chi connectivity index (χ4n) is 3.46. The van der Waals surface area contributed by atoms with Crippen LogP contribution in [0.2, 0.25) is 0 Å². The monoisotopic (exact) mass is 355 g/mol. The molecule has 9 heteroatoms. The van der Waals surface area contributed by atoms with E-state index in [1.54, 1.807) is 11.1 Å². The van der Waals surface area contributed by atoms with Crippen LogP contribution >= 0.6 is 0 Å². The lowest BCUT2D eigenvalue weighted by molar-refractivity contribution is -0.131. The summed E-state index contributed by atoms with van der Waals surface area (Å²) >= 11 is 0. The van der Waals surface area contributed by atoms with Crippen LogP contribution in [0.4, 0.5) is 5.82 Å². The number of aromatic amines is 1. The summed E-state index contributed by atoms with van der Waals surface area (Å²) in [5.74, 6) is 0.424. The van der Waals surface area contributed by atoms with Crippen molar-refractivity contribution in [3.8, 4) is 6.07 Å². The Hall–Kier alpha value is -3.15. The van der Waals surface area contributed by atoms with Crippen molar-refractivity contribution in [1.29, 1.82) is 5.26 Å². The summed E-state index contributed by atoms with van der Waals surface area (Å²) < 4.78 is 0. The zero-order chi connectivity index (χ0) is 18.7. The van der Waals surface area contributed by atoms with E-state index in [4.69, 9.17) is 5.26 Å². The number of fused-ring (bicyclic) bond motifs is 1. The van der Waals surface area contributed by atoms with Gasteiger partial charge in [0.15, 0.2) is 0 Å². The Balaban J connectivity index is 1.90. The van der Waals surface area contributed by atoms with Crippen LogP contribution in [-0.2, 0) is 9.59 Å². The molecule has 3 heterocycles. The highest BCUT2D eigenvalue weighted by atomic mass is 16.2. The van der Waals surface area contributed by atoms with E-state index in [0.29, 0.717) is 19.5 Å². The second-order valence-corrected chi connectivity index (χ2v) is 6.39. The summed E-state index contributed by atoms with van der Waals surface area (Å²) in [6.45, 7) is 2.41. The molecule has 2 atom stereocenters. The number of hydrogen-bond acceptors (Lipinski definition) is 6. The van der Waals surface area contributed by atoms with Crippen molar-refractivity contribution in [1.82, 2.24) is 25.2 Å². The number of piperidine rings is 1. The molecule has 9 nitrogen and oxygen atoms in total. The van der Waals surface area contributed by atoms with E-state index < -0.39 is 0 Å². The minimum absolute atomic E-state index is 0.111. The molecule has 0 radical (unpaired) electrons. The Kier molecular flexibility index (Phi) is 5.02. The molecule has 2 N–H and O–H groups in total. The molecule has 3 rings (SSSR count). The van der Waals surface area contributed by atoms with Gasteiger partial charge in [0.05, 0.1) is 23.5 Å². The number of nitriles is 1. The van der Waals surface area contributed by atoms with Crippen molar-refractivity contribution in [2.24, 2.45) is 0 Å². The van der Waals surface area contributed by atoms with Crippen molar-refractivity contribution in [2.45, 2.75) is 31.8 Å². The van der Waals surface area contributed by atoms with Gasteiger partial charge >= 0.3 is 0 Å². The molecular formula is C17H21N7O2. The lowest BCUT2D eigenvalue weighted by atomic mass is 9.97. The van der Waals surface area contributed by atoms with Crippen LogP contribution in [0.3, 0.4) is 0 Å².